The Morgan fingerprint density at radius 3 is 2.82 bits per heavy atom. The summed E-state index contributed by atoms with van der Waals surface area (Å²) in [6.45, 7) is 0. The first-order chi connectivity index (χ1) is 10.7. The standard InChI is InChI=1S/C15H10N4O2S/c20-13(21)8-5-6-9-11(7-8)17-14(16-9)19-15-18-10-3-1-2-4-12(10)22-15/h1-7H,(H,20,21)(H2,16,17,18,19). The molecule has 0 aliphatic carbocycles. The topological polar surface area (TPSA) is 90.9 Å². The Labute approximate surface area is 128 Å². The highest BCUT2D eigenvalue weighted by Crippen LogP contribution is 2.28. The summed E-state index contributed by atoms with van der Waals surface area (Å²) in [5.41, 5.74) is 2.52. The maximum absolute atomic E-state index is 11.0. The van der Waals surface area contributed by atoms with E-state index >= 15 is 0 Å². The number of aromatic nitrogens is 3. The number of thiazole rings is 1. The van der Waals surface area contributed by atoms with Crippen molar-refractivity contribution < 1.29 is 9.90 Å². The Kier molecular flexibility index (Phi) is 2.80. The third-order valence-corrected chi connectivity index (χ3v) is 4.20. The fourth-order valence-electron chi connectivity index (χ4n) is 2.23. The van der Waals surface area contributed by atoms with Crippen LogP contribution in [0.5, 0.6) is 0 Å². The zero-order valence-electron chi connectivity index (χ0n) is 11.2. The van der Waals surface area contributed by atoms with E-state index in [4.69, 9.17) is 5.11 Å². The van der Waals surface area contributed by atoms with Gasteiger partial charge in [0.25, 0.3) is 0 Å². The van der Waals surface area contributed by atoms with E-state index in [-0.39, 0.29) is 5.56 Å². The minimum atomic E-state index is -0.967. The zero-order valence-corrected chi connectivity index (χ0v) is 12.0. The fraction of sp³-hybridized carbons (Fsp3) is 0. The molecule has 108 valence electrons. The number of nitrogens with one attached hydrogen (secondary N) is 2. The summed E-state index contributed by atoms with van der Waals surface area (Å²) in [5, 5.41) is 12.9. The molecule has 3 N–H and O–H groups in total. The maximum atomic E-state index is 11.0. The number of rotatable bonds is 3. The van der Waals surface area contributed by atoms with Crippen LogP contribution in [-0.4, -0.2) is 26.0 Å². The summed E-state index contributed by atoms with van der Waals surface area (Å²) >= 11 is 1.53. The van der Waals surface area contributed by atoms with Gasteiger partial charge in [-0.2, -0.15) is 0 Å². The molecule has 0 saturated heterocycles. The Hall–Kier alpha value is -2.93. The molecule has 4 aromatic rings. The first kappa shape index (κ1) is 12.8. The number of H-pyrrole nitrogens is 1. The molecule has 0 unspecified atom stereocenters. The van der Waals surface area contributed by atoms with Gasteiger partial charge in [-0.3, -0.25) is 0 Å². The van der Waals surface area contributed by atoms with E-state index in [2.05, 4.69) is 20.3 Å². The van der Waals surface area contributed by atoms with Crippen molar-refractivity contribution in [3.05, 3.63) is 48.0 Å². The van der Waals surface area contributed by atoms with Crippen molar-refractivity contribution >= 4 is 49.6 Å². The quantitative estimate of drug-likeness (QED) is 0.537. The van der Waals surface area contributed by atoms with E-state index in [0.717, 1.165) is 20.9 Å². The number of imidazole rings is 1. The Morgan fingerprint density at radius 2 is 2.00 bits per heavy atom. The number of hydrogen-bond donors (Lipinski definition) is 3. The SMILES string of the molecule is O=C(O)c1ccc2[nH]c(Nc3nc4ccccc4s3)nc2c1. The number of hydrogen-bond acceptors (Lipinski definition) is 5. The van der Waals surface area contributed by atoms with E-state index in [1.54, 1.807) is 12.1 Å². The molecule has 6 nitrogen and oxygen atoms in total. The van der Waals surface area contributed by atoms with Crippen molar-refractivity contribution in [1.29, 1.82) is 0 Å². The molecule has 0 bridgehead atoms. The summed E-state index contributed by atoms with van der Waals surface area (Å²) in [7, 11) is 0. The molecule has 2 aromatic carbocycles. The smallest absolute Gasteiger partial charge is 0.335 e. The number of fused-ring (bicyclic) bond motifs is 2. The molecule has 0 atom stereocenters. The van der Waals surface area contributed by atoms with Gasteiger partial charge in [-0.15, -0.1) is 0 Å². The lowest BCUT2D eigenvalue weighted by atomic mass is 10.2. The average molecular weight is 310 g/mol. The average Bonchev–Trinajstić information content (AvgIpc) is 3.08. The van der Waals surface area contributed by atoms with Crippen molar-refractivity contribution in [2.45, 2.75) is 0 Å². The van der Waals surface area contributed by atoms with E-state index in [1.807, 2.05) is 24.3 Å². The molecule has 0 amide bonds. The minimum Gasteiger partial charge on any atom is -0.478 e. The minimum absolute atomic E-state index is 0.213. The van der Waals surface area contributed by atoms with Gasteiger partial charge in [0.15, 0.2) is 5.13 Å². The van der Waals surface area contributed by atoms with Crippen molar-refractivity contribution in [3.63, 3.8) is 0 Å². The first-order valence-electron chi connectivity index (χ1n) is 6.55. The monoisotopic (exact) mass is 310 g/mol. The number of carboxylic acids is 1. The van der Waals surface area contributed by atoms with E-state index < -0.39 is 5.97 Å². The van der Waals surface area contributed by atoms with Crippen LogP contribution in [0.3, 0.4) is 0 Å². The van der Waals surface area contributed by atoms with Crippen LogP contribution in [0.25, 0.3) is 21.3 Å². The number of nitrogens with zero attached hydrogens (tertiary/aromatic N) is 2. The van der Waals surface area contributed by atoms with E-state index in [9.17, 15) is 4.79 Å². The molecule has 0 aliphatic rings. The number of carbonyl (C=O) groups is 1. The summed E-state index contributed by atoms with van der Waals surface area (Å²) in [5.74, 6) is -0.429. The highest BCUT2D eigenvalue weighted by molar-refractivity contribution is 7.22. The van der Waals surface area contributed by atoms with Gasteiger partial charge in [0.2, 0.25) is 5.95 Å². The molecule has 2 heterocycles. The summed E-state index contributed by atoms with van der Waals surface area (Å²) in [6.07, 6.45) is 0. The number of aromatic carboxylic acids is 1. The highest BCUT2D eigenvalue weighted by Gasteiger charge is 2.09. The van der Waals surface area contributed by atoms with Crippen LogP contribution in [0.1, 0.15) is 10.4 Å². The van der Waals surface area contributed by atoms with Gasteiger partial charge in [-0.05, 0) is 30.3 Å². The molecule has 0 spiro atoms. The predicted molar refractivity (Wildman–Crippen MR) is 86.0 cm³/mol. The van der Waals surface area contributed by atoms with Crippen LogP contribution < -0.4 is 5.32 Å². The Morgan fingerprint density at radius 1 is 1.14 bits per heavy atom. The zero-order chi connectivity index (χ0) is 15.1. The number of carboxylic acid groups (broad SMARTS) is 1. The maximum Gasteiger partial charge on any atom is 0.335 e. The van der Waals surface area contributed by atoms with Crippen molar-refractivity contribution in [3.8, 4) is 0 Å². The molecular weight excluding hydrogens is 300 g/mol. The van der Waals surface area contributed by atoms with Crippen LogP contribution in [0.15, 0.2) is 42.5 Å². The third-order valence-electron chi connectivity index (χ3n) is 3.25. The van der Waals surface area contributed by atoms with Gasteiger partial charge in [-0.25, -0.2) is 14.8 Å². The number of para-hydroxylation sites is 1. The second-order valence-electron chi connectivity index (χ2n) is 4.73. The van der Waals surface area contributed by atoms with Gasteiger partial charge in [0.05, 0.1) is 26.8 Å². The Balaban J connectivity index is 1.70. The second kappa shape index (κ2) is 4.81. The molecule has 0 radical (unpaired) electrons. The van der Waals surface area contributed by atoms with Crippen LogP contribution in [0.4, 0.5) is 11.1 Å². The molecule has 0 aliphatic heterocycles. The van der Waals surface area contributed by atoms with Crippen molar-refractivity contribution in [2.75, 3.05) is 5.32 Å². The number of benzene rings is 2. The lowest BCUT2D eigenvalue weighted by Crippen LogP contribution is -1.94. The largest absolute Gasteiger partial charge is 0.478 e. The molecular formula is C15H10N4O2S. The summed E-state index contributed by atoms with van der Waals surface area (Å²) < 4.78 is 1.09. The highest BCUT2D eigenvalue weighted by atomic mass is 32.1. The number of aromatic amines is 1. The summed E-state index contributed by atoms with van der Waals surface area (Å²) in [4.78, 5) is 22.9. The second-order valence-corrected chi connectivity index (χ2v) is 5.76. The normalized spacial score (nSPS) is 11.1. The summed E-state index contributed by atoms with van der Waals surface area (Å²) in [6, 6.07) is 12.7. The predicted octanol–water partition coefficient (Wildman–Crippen LogP) is 3.61. The number of anilines is 2. The van der Waals surface area contributed by atoms with Crippen LogP contribution >= 0.6 is 11.3 Å². The molecule has 0 fully saturated rings. The van der Waals surface area contributed by atoms with Gasteiger partial charge >= 0.3 is 5.97 Å². The lowest BCUT2D eigenvalue weighted by molar-refractivity contribution is 0.0697. The van der Waals surface area contributed by atoms with Gasteiger partial charge in [0, 0.05) is 0 Å². The molecule has 2 aromatic heterocycles. The Bertz CT molecular complexity index is 972. The van der Waals surface area contributed by atoms with Gasteiger partial charge in [0.1, 0.15) is 0 Å². The van der Waals surface area contributed by atoms with Crippen LogP contribution in [-0.2, 0) is 0 Å². The van der Waals surface area contributed by atoms with Crippen molar-refractivity contribution in [2.24, 2.45) is 0 Å². The van der Waals surface area contributed by atoms with Gasteiger partial charge < -0.3 is 15.4 Å². The lowest BCUT2D eigenvalue weighted by Gasteiger charge is -1.94. The van der Waals surface area contributed by atoms with Gasteiger partial charge in [-0.1, -0.05) is 23.5 Å². The molecule has 7 heteroatoms. The molecule has 0 saturated carbocycles. The van der Waals surface area contributed by atoms with Crippen LogP contribution in [0.2, 0.25) is 0 Å². The molecule has 22 heavy (non-hydrogen) atoms. The molecule has 4 rings (SSSR count). The first-order valence-corrected chi connectivity index (χ1v) is 7.36. The van der Waals surface area contributed by atoms with Crippen LogP contribution in [0, 0.1) is 0 Å². The van der Waals surface area contributed by atoms with Crippen molar-refractivity contribution in [1.82, 2.24) is 15.0 Å². The van der Waals surface area contributed by atoms with E-state index in [1.165, 1.54) is 17.4 Å². The third kappa shape index (κ3) is 2.17. The van der Waals surface area contributed by atoms with E-state index in [0.29, 0.717) is 11.5 Å². The fourth-order valence-corrected chi connectivity index (χ4v) is 3.09.